The minimum atomic E-state index is -0.596. The monoisotopic (exact) mass is 266 g/mol. The minimum absolute atomic E-state index is 0.286. The summed E-state index contributed by atoms with van der Waals surface area (Å²) in [4.78, 5) is 0. The topological polar surface area (TPSA) is 29.5 Å². The molecule has 1 aliphatic carbocycles. The van der Waals surface area contributed by atoms with Gasteiger partial charge in [-0.2, -0.15) is 0 Å². The molecule has 0 saturated heterocycles. The van der Waals surface area contributed by atoms with Gasteiger partial charge in [0.2, 0.25) is 0 Å². The second-order valence-electron chi connectivity index (χ2n) is 5.19. The highest BCUT2D eigenvalue weighted by Gasteiger charge is 2.24. The average molecular weight is 266 g/mol. The molecule has 0 unspecified atom stereocenters. The van der Waals surface area contributed by atoms with Gasteiger partial charge in [0.15, 0.2) is 0 Å². The van der Waals surface area contributed by atoms with Crippen molar-refractivity contribution in [2.75, 3.05) is 0 Å². The predicted molar refractivity (Wildman–Crippen MR) is 80.2 cm³/mol. The summed E-state index contributed by atoms with van der Waals surface area (Å²) in [6.45, 7) is 2.57. The molecule has 3 rings (SSSR count). The highest BCUT2D eigenvalue weighted by molar-refractivity contribution is 5.58. The molecule has 0 fully saturated rings. The van der Waals surface area contributed by atoms with Crippen molar-refractivity contribution in [2.45, 2.75) is 25.7 Å². The first kappa shape index (κ1) is 13.1. The lowest BCUT2D eigenvalue weighted by molar-refractivity contribution is -0.0206. The average Bonchev–Trinajstić information content (AvgIpc) is 2.49. The molecule has 2 atom stereocenters. The Bertz CT molecular complexity index is 614. The number of rotatable bonds is 3. The van der Waals surface area contributed by atoms with Crippen LogP contribution in [0, 0.1) is 6.92 Å². The van der Waals surface area contributed by atoms with Gasteiger partial charge in [-0.25, -0.2) is 0 Å². The van der Waals surface area contributed by atoms with Crippen molar-refractivity contribution in [1.82, 2.24) is 0 Å². The van der Waals surface area contributed by atoms with Gasteiger partial charge in [0.1, 0.15) is 12.2 Å². The molecule has 0 aromatic heterocycles. The number of fused-ring (bicyclic) bond motifs is 1. The maximum atomic E-state index is 10.4. The van der Waals surface area contributed by atoms with Gasteiger partial charge in [-0.1, -0.05) is 66.2 Å². The minimum Gasteiger partial charge on any atom is -0.385 e. The smallest absolute Gasteiger partial charge is 0.109 e. The van der Waals surface area contributed by atoms with E-state index in [1.54, 1.807) is 0 Å². The number of benzene rings is 2. The molecule has 0 saturated carbocycles. The largest absolute Gasteiger partial charge is 0.385 e. The van der Waals surface area contributed by atoms with E-state index in [0.29, 0.717) is 6.61 Å². The van der Waals surface area contributed by atoms with Crippen molar-refractivity contribution >= 4 is 6.08 Å². The van der Waals surface area contributed by atoms with Gasteiger partial charge in [0, 0.05) is 0 Å². The number of ether oxygens (including phenoxy) is 1. The van der Waals surface area contributed by atoms with Crippen LogP contribution in [0.1, 0.15) is 28.4 Å². The number of hydrogen-bond donors (Lipinski definition) is 1. The van der Waals surface area contributed by atoms with Gasteiger partial charge in [0.05, 0.1) is 6.61 Å². The van der Waals surface area contributed by atoms with Gasteiger partial charge >= 0.3 is 0 Å². The Morgan fingerprint density at radius 1 is 1.05 bits per heavy atom. The second-order valence-corrected chi connectivity index (χ2v) is 5.19. The van der Waals surface area contributed by atoms with E-state index < -0.39 is 6.10 Å². The highest BCUT2D eigenvalue weighted by Crippen LogP contribution is 2.29. The lowest BCUT2D eigenvalue weighted by Gasteiger charge is -2.25. The summed E-state index contributed by atoms with van der Waals surface area (Å²) >= 11 is 0. The number of aliphatic hydroxyl groups excluding tert-OH is 1. The van der Waals surface area contributed by atoms with Crippen LogP contribution in [0.3, 0.4) is 0 Å². The molecule has 1 aliphatic rings. The molecule has 2 aromatic carbocycles. The molecule has 2 aromatic rings. The van der Waals surface area contributed by atoms with E-state index in [0.717, 1.165) is 16.7 Å². The van der Waals surface area contributed by atoms with Gasteiger partial charge < -0.3 is 9.84 Å². The zero-order valence-corrected chi connectivity index (χ0v) is 11.5. The lowest BCUT2D eigenvalue weighted by Crippen LogP contribution is -2.23. The van der Waals surface area contributed by atoms with Crippen molar-refractivity contribution in [2.24, 2.45) is 0 Å². The first-order chi connectivity index (χ1) is 9.74. The Hall–Kier alpha value is -1.90. The lowest BCUT2D eigenvalue weighted by atomic mass is 9.93. The molecule has 0 aliphatic heterocycles. The Morgan fingerprint density at radius 3 is 2.60 bits per heavy atom. The Morgan fingerprint density at radius 2 is 1.80 bits per heavy atom. The Balaban J connectivity index is 1.69. The van der Waals surface area contributed by atoms with Crippen LogP contribution in [-0.4, -0.2) is 11.2 Å². The van der Waals surface area contributed by atoms with Crippen molar-refractivity contribution in [3.63, 3.8) is 0 Å². The van der Waals surface area contributed by atoms with Crippen LogP contribution >= 0.6 is 0 Å². The summed E-state index contributed by atoms with van der Waals surface area (Å²) in [5.41, 5.74) is 4.36. The van der Waals surface area contributed by atoms with Gasteiger partial charge in [-0.05, 0) is 23.6 Å². The molecule has 0 spiro atoms. The summed E-state index contributed by atoms with van der Waals surface area (Å²) in [5, 5.41) is 10.4. The van der Waals surface area contributed by atoms with Crippen molar-refractivity contribution in [1.29, 1.82) is 0 Å². The fourth-order valence-electron chi connectivity index (χ4n) is 2.44. The molecule has 1 N–H and O–H groups in total. The molecule has 102 valence electrons. The zero-order valence-electron chi connectivity index (χ0n) is 11.5. The second kappa shape index (κ2) is 5.61. The molecule has 0 bridgehead atoms. The third kappa shape index (κ3) is 2.67. The molecule has 0 amide bonds. The third-order valence-corrected chi connectivity index (χ3v) is 3.65. The Labute approximate surface area is 119 Å². The normalized spacial score (nSPS) is 20.7. The fraction of sp³-hybridized carbons (Fsp3) is 0.222. The Kier molecular flexibility index (Phi) is 3.68. The van der Waals surface area contributed by atoms with E-state index in [1.165, 1.54) is 5.56 Å². The van der Waals surface area contributed by atoms with E-state index in [1.807, 2.05) is 36.4 Å². The zero-order chi connectivity index (χ0) is 13.9. The maximum Gasteiger partial charge on any atom is 0.109 e. The molecule has 0 radical (unpaired) electrons. The summed E-state index contributed by atoms with van der Waals surface area (Å²) in [6, 6.07) is 16.1. The van der Waals surface area contributed by atoms with E-state index >= 15 is 0 Å². The summed E-state index contributed by atoms with van der Waals surface area (Å²) in [6.07, 6.45) is 3.07. The standard InChI is InChI=1S/C18H18O2/c1-13-6-8-14(9-7-13)12-20-17-11-10-15-4-2-3-5-16(15)18(17)19/h2-11,17-19H,12H2,1H3/t17-,18-/m0/s1. The van der Waals surface area contributed by atoms with Crippen LogP contribution in [0.4, 0.5) is 0 Å². The van der Waals surface area contributed by atoms with Crippen LogP contribution < -0.4 is 0 Å². The third-order valence-electron chi connectivity index (χ3n) is 3.65. The van der Waals surface area contributed by atoms with E-state index in [-0.39, 0.29) is 6.10 Å². The predicted octanol–water partition coefficient (Wildman–Crippen LogP) is 3.64. The van der Waals surface area contributed by atoms with Crippen LogP contribution in [-0.2, 0) is 11.3 Å². The van der Waals surface area contributed by atoms with Crippen LogP contribution in [0.2, 0.25) is 0 Å². The first-order valence-electron chi connectivity index (χ1n) is 6.86. The molecular formula is C18H18O2. The van der Waals surface area contributed by atoms with E-state index in [2.05, 4.69) is 31.2 Å². The molecule has 0 heterocycles. The highest BCUT2D eigenvalue weighted by atomic mass is 16.5. The van der Waals surface area contributed by atoms with Crippen LogP contribution in [0.5, 0.6) is 0 Å². The fourth-order valence-corrected chi connectivity index (χ4v) is 2.44. The number of aliphatic hydroxyl groups is 1. The summed E-state index contributed by atoms with van der Waals surface area (Å²) < 4.78 is 5.84. The van der Waals surface area contributed by atoms with Gasteiger partial charge in [0.25, 0.3) is 0 Å². The molecule has 2 heteroatoms. The van der Waals surface area contributed by atoms with Gasteiger partial charge in [-0.15, -0.1) is 0 Å². The maximum absolute atomic E-state index is 10.4. The van der Waals surface area contributed by atoms with Crippen molar-refractivity contribution in [3.05, 3.63) is 76.9 Å². The molecular weight excluding hydrogens is 248 g/mol. The van der Waals surface area contributed by atoms with Crippen LogP contribution in [0.25, 0.3) is 6.08 Å². The van der Waals surface area contributed by atoms with Gasteiger partial charge in [-0.3, -0.25) is 0 Å². The van der Waals surface area contributed by atoms with E-state index in [9.17, 15) is 5.11 Å². The quantitative estimate of drug-likeness (QED) is 0.919. The molecule has 2 nitrogen and oxygen atoms in total. The number of aryl methyl sites for hydroxylation is 1. The van der Waals surface area contributed by atoms with Crippen LogP contribution in [0.15, 0.2) is 54.6 Å². The van der Waals surface area contributed by atoms with Crippen molar-refractivity contribution in [3.8, 4) is 0 Å². The van der Waals surface area contributed by atoms with Crippen molar-refractivity contribution < 1.29 is 9.84 Å². The van der Waals surface area contributed by atoms with E-state index in [4.69, 9.17) is 4.74 Å². The summed E-state index contributed by atoms with van der Waals surface area (Å²) in [7, 11) is 0. The molecule has 20 heavy (non-hydrogen) atoms. The first-order valence-corrected chi connectivity index (χ1v) is 6.86. The number of hydrogen-bond acceptors (Lipinski definition) is 2. The SMILES string of the molecule is Cc1ccc(CO[C@H]2C=Cc3ccccc3[C@@H]2O)cc1. The summed E-state index contributed by atoms with van der Waals surface area (Å²) in [5.74, 6) is 0.